The van der Waals surface area contributed by atoms with Crippen LogP contribution in [0, 0.1) is 17.0 Å². The fraction of sp³-hybridized carbons (Fsp3) is 0.133. The first-order chi connectivity index (χ1) is 9.99. The van der Waals surface area contributed by atoms with Crippen LogP contribution in [0.15, 0.2) is 42.5 Å². The number of benzene rings is 2. The van der Waals surface area contributed by atoms with Gasteiger partial charge < -0.3 is 11.1 Å². The topological polar surface area (TPSA) is 98.3 Å². The van der Waals surface area contributed by atoms with Crippen LogP contribution in [0.2, 0.25) is 0 Å². The number of nitrogens with zero attached hydrogens (tertiary/aromatic N) is 1. The molecule has 0 unspecified atom stereocenters. The Hall–Kier alpha value is -2.89. The molecule has 0 aliphatic heterocycles. The van der Waals surface area contributed by atoms with Gasteiger partial charge >= 0.3 is 0 Å². The highest BCUT2D eigenvalue weighted by molar-refractivity contribution is 5.95. The Bertz CT molecular complexity index is 698. The lowest BCUT2D eigenvalue weighted by Crippen LogP contribution is -2.13. The number of nitro groups is 1. The Morgan fingerprint density at radius 1 is 1.29 bits per heavy atom. The number of rotatable bonds is 5. The van der Waals surface area contributed by atoms with Gasteiger partial charge in [0.1, 0.15) is 0 Å². The maximum Gasteiger partial charge on any atom is 0.269 e. The van der Waals surface area contributed by atoms with Crippen molar-refractivity contribution in [3.63, 3.8) is 0 Å². The van der Waals surface area contributed by atoms with E-state index in [9.17, 15) is 14.9 Å². The van der Waals surface area contributed by atoms with Crippen LogP contribution in [0.1, 0.15) is 21.5 Å². The van der Waals surface area contributed by atoms with Crippen molar-refractivity contribution in [3.8, 4) is 0 Å². The molecular weight excluding hydrogens is 270 g/mol. The predicted octanol–water partition coefficient (Wildman–Crippen LogP) is 2.61. The standard InChI is InChI=1S/C15H15N3O3/c1-10-13(15(16)19)6-3-7-14(10)17-9-11-4-2-5-12(8-11)18(20)21/h2-8,17H,9H2,1H3,(H2,16,19). The lowest BCUT2D eigenvalue weighted by molar-refractivity contribution is -0.384. The number of amides is 1. The number of nitrogens with one attached hydrogen (secondary N) is 1. The highest BCUT2D eigenvalue weighted by Crippen LogP contribution is 2.20. The number of carbonyl (C=O) groups excluding carboxylic acids is 1. The highest BCUT2D eigenvalue weighted by Gasteiger charge is 2.09. The molecule has 2 rings (SSSR count). The van der Waals surface area contributed by atoms with Crippen LogP contribution in [0.25, 0.3) is 0 Å². The molecule has 0 saturated heterocycles. The lowest BCUT2D eigenvalue weighted by atomic mass is 10.1. The van der Waals surface area contributed by atoms with E-state index >= 15 is 0 Å². The van der Waals surface area contributed by atoms with Gasteiger partial charge in [-0.25, -0.2) is 0 Å². The van der Waals surface area contributed by atoms with Gasteiger partial charge in [0.2, 0.25) is 5.91 Å². The summed E-state index contributed by atoms with van der Waals surface area (Å²) in [6.45, 7) is 2.22. The Labute approximate surface area is 121 Å². The molecule has 2 aromatic carbocycles. The van der Waals surface area contributed by atoms with E-state index in [2.05, 4.69) is 5.32 Å². The zero-order valence-corrected chi connectivity index (χ0v) is 11.5. The van der Waals surface area contributed by atoms with Gasteiger partial charge in [0, 0.05) is 29.9 Å². The zero-order chi connectivity index (χ0) is 15.4. The van der Waals surface area contributed by atoms with Crippen molar-refractivity contribution < 1.29 is 9.72 Å². The minimum Gasteiger partial charge on any atom is -0.381 e. The van der Waals surface area contributed by atoms with Crippen molar-refractivity contribution in [3.05, 3.63) is 69.3 Å². The summed E-state index contributed by atoms with van der Waals surface area (Å²) >= 11 is 0. The van der Waals surface area contributed by atoms with Crippen LogP contribution in [-0.2, 0) is 6.54 Å². The van der Waals surface area contributed by atoms with Gasteiger partial charge in [-0.1, -0.05) is 18.2 Å². The summed E-state index contributed by atoms with van der Waals surface area (Å²) in [5.74, 6) is -0.480. The summed E-state index contributed by atoms with van der Waals surface area (Å²) in [4.78, 5) is 21.6. The minimum absolute atomic E-state index is 0.0527. The average Bonchev–Trinajstić information content (AvgIpc) is 2.46. The van der Waals surface area contributed by atoms with Crippen LogP contribution in [-0.4, -0.2) is 10.8 Å². The van der Waals surface area contributed by atoms with Crippen LogP contribution in [0.3, 0.4) is 0 Å². The third-order valence-electron chi connectivity index (χ3n) is 3.20. The molecule has 0 saturated carbocycles. The molecule has 0 fully saturated rings. The Balaban J connectivity index is 2.17. The summed E-state index contributed by atoms with van der Waals surface area (Å²) in [6, 6.07) is 11.6. The van der Waals surface area contributed by atoms with Crippen molar-refractivity contribution in [2.75, 3.05) is 5.32 Å². The quantitative estimate of drug-likeness (QED) is 0.651. The monoisotopic (exact) mass is 285 g/mol. The van der Waals surface area contributed by atoms with E-state index in [1.54, 1.807) is 31.2 Å². The van der Waals surface area contributed by atoms with E-state index in [1.165, 1.54) is 12.1 Å². The highest BCUT2D eigenvalue weighted by atomic mass is 16.6. The van der Waals surface area contributed by atoms with Gasteiger partial charge in [-0.05, 0) is 30.2 Å². The van der Waals surface area contributed by atoms with Crippen molar-refractivity contribution in [2.24, 2.45) is 5.73 Å². The SMILES string of the molecule is Cc1c(NCc2cccc([N+](=O)[O-])c2)cccc1C(N)=O. The van der Waals surface area contributed by atoms with E-state index in [0.717, 1.165) is 16.8 Å². The van der Waals surface area contributed by atoms with E-state index in [-0.39, 0.29) is 5.69 Å². The molecule has 0 radical (unpaired) electrons. The molecule has 1 amide bonds. The van der Waals surface area contributed by atoms with Gasteiger partial charge in [-0.3, -0.25) is 14.9 Å². The molecular formula is C15H15N3O3. The van der Waals surface area contributed by atoms with E-state index < -0.39 is 10.8 Å². The molecule has 0 aromatic heterocycles. The Morgan fingerprint density at radius 3 is 2.67 bits per heavy atom. The number of hydrogen-bond donors (Lipinski definition) is 2. The molecule has 0 spiro atoms. The molecule has 0 aliphatic carbocycles. The Kier molecular flexibility index (Phi) is 4.18. The second-order valence-electron chi connectivity index (χ2n) is 4.62. The third kappa shape index (κ3) is 3.36. The first kappa shape index (κ1) is 14.5. The van der Waals surface area contributed by atoms with Crippen molar-refractivity contribution in [2.45, 2.75) is 13.5 Å². The van der Waals surface area contributed by atoms with E-state index in [0.29, 0.717) is 12.1 Å². The van der Waals surface area contributed by atoms with E-state index in [4.69, 9.17) is 5.73 Å². The van der Waals surface area contributed by atoms with Gasteiger partial charge in [0.25, 0.3) is 5.69 Å². The predicted molar refractivity (Wildman–Crippen MR) is 80.1 cm³/mol. The first-order valence-electron chi connectivity index (χ1n) is 6.35. The molecule has 21 heavy (non-hydrogen) atoms. The summed E-state index contributed by atoms with van der Waals surface area (Å²) in [5.41, 5.74) is 8.13. The third-order valence-corrected chi connectivity index (χ3v) is 3.20. The molecule has 0 bridgehead atoms. The number of nitro benzene ring substituents is 1. The zero-order valence-electron chi connectivity index (χ0n) is 11.5. The molecule has 108 valence electrons. The number of hydrogen-bond acceptors (Lipinski definition) is 4. The van der Waals surface area contributed by atoms with Crippen molar-refractivity contribution in [1.82, 2.24) is 0 Å². The summed E-state index contributed by atoms with van der Waals surface area (Å²) in [6.07, 6.45) is 0. The molecule has 0 aliphatic rings. The molecule has 3 N–H and O–H groups in total. The van der Waals surface area contributed by atoms with Crippen molar-refractivity contribution >= 4 is 17.3 Å². The number of non-ortho nitro benzene ring substituents is 1. The number of carbonyl (C=O) groups is 1. The van der Waals surface area contributed by atoms with Gasteiger partial charge in [-0.2, -0.15) is 0 Å². The van der Waals surface area contributed by atoms with Gasteiger partial charge in [-0.15, -0.1) is 0 Å². The number of anilines is 1. The normalized spacial score (nSPS) is 10.1. The maximum absolute atomic E-state index is 11.3. The summed E-state index contributed by atoms with van der Waals surface area (Å²) in [7, 11) is 0. The van der Waals surface area contributed by atoms with Gasteiger partial charge in [0.15, 0.2) is 0 Å². The number of nitrogens with two attached hydrogens (primary N) is 1. The van der Waals surface area contributed by atoms with E-state index in [1.807, 2.05) is 6.07 Å². The molecule has 0 atom stereocenters. The smallest absolute Gasteiger partial charge is 0.269 e. The molecule has 6 heteroatoms. The van der Waals surface area contributed by atoms with Crippen LogP contribution >= 0.6 is 0 Å². The average molecular weight is 285 g/mol. The van der Waals surface area contributed by atoms with Crippen LogP contribution < -0.4 is 11.1 Å². The second-order valence-corrected chi connectivity index (χ2v) is 4.62. The fourth-order valence-corrected chi connectivity index (χ4v) is 2.07. The summed E-state index contributed by atoms with van der Waals surface area (Å²) in [5, 5.41) is 13.9. The molecule has 6 nitrogen and oxygen atoms in total. The second kappa shape index (κ2) is 6.04. The van der Waals surface area contributed by atoms with Crippen LogP contribution in [0.5, 0.6) is 0 Å². The van der Waals surface area contributed by atoms with Gasteiger partial charge in [0.05, 0.1) is 4.92 Å². The lowest BCUT2D eigenvalue weighted by Gasteiger charge is -2.11. The first-order valence-corrected chi connectivity index (χ1v) is 6.35. The Morgan fingerprint density at radius 2 is 2.00 bits per heavy atom. The van der Waals surface area contributed by atoms with Crippen molar-refractivity contribution in [1.29, 1.82) is 0 Å². The fourth-order valence-electron chi connectivity index (χ4n) is 2.07. The number of primary amides is 1. The summed E-state index contributed by atoms with van der Waals surface area (Å²) < 4.78 is 0. The maximum atomic E-state index is 11.3. The molecule has 2 aromatic rings. The minimum atomic E-state index is -0.480. The molecule has 0 heterocycles. The van der Waals surface area contributed by atoms with Crippen LogP contribution in [0.4, 0.5) is 11.4 Å². The largest absolute Gasteiger partial charge is 0.381 e.